The first kappa shape index (κ1) is 19.6. The highest BCUT2D eigenvalue weighted by Crippen LogP contribution is 2.33. The van der Waals surface area contributed by atoms with Gasteiger partial charge in [0.05, 0.1) is 11.2 Å². The van der Waals surface area contributed by atoms with E-state index in [0.29, 0.717) is 12.4 Å². The summed E-state index contributed by atoms with van der Waals surface area (Å²) in [6.07, 6.45) is 4.07. The summed E-state index contributed by atoms with van der Waals surface area (Å²) in [7, 11) is 0. The standard InChI is InChI=1S/C28H22N2O2/c31-27-16-13-23(18-28(27)32-19-21-9-5-2-6-10-21)22-12-14-24-25(29-30-26(24)17-22)15-11-20-7-3-1-4-8-20/h1-18,31H,19H2,(H,29,30). The zero-order valence-electron chi connectivity index (χ0n) is 17.4. The number of aromatic amines is 1. The van der Waals surface area contributed by atoms with Crippen LogP contribution in [0.2, 0.25) is 0 Å². The van der Waals surface area contributed by atoms with E-state index in [1.165, 1.54) is 0 Å². The number of hydrogen-bond donors (Lipinski definition) is 2. The first-order valence-electron chi connectivity index (χ1n) is 10.5. The predicted octanol–water partition coefficient (Wildman–Crippen LogP) is 6.68. The van der Waals surface area contributed by atoms with Crippen LogP contribution in [0.25, 0.3) is 34.2 Å². The molecule has 1 heterocycles. The summed E-state index contributed by atoms with van der Waals surface area (Å²) in [6.45, 7) is 0.397. The van der Waals surface area contributed by atoms with Crippen LogP contribution in [-0.2, 0) is 6.61 Å². The Bertz CT molecular complexity index is 1370. The fourth-order valence-corrected chi connectivity index (χ4v) is 3.63. The van der Waals surface area contributed by atoms with Crippen molar-refractivity contribution < 1.29 is 9.84 Å². The molecule has 0 unspecified atom stereocenters. The summed E-state index contributed by atoms with van der Waals surface area (Å²) in [5, 5.41) is 18.9. The van der Waals surface area contributed by atoms with Gasteiger partial charge in [0, 0.05) is 5.39 Å². The van der Waals surface area contributed by atoms with Gasteiger partial charge in [-0.05, 0) is 52.6 Å². The quantitative estimate of drug-likeness (QED) is 0.323. The predicted molar refractivity (Wildman–Crippen MR) is 129 cm³/mol. The van der Waals surface area contributed by atoms with Gasteiger partial charge in [-0.25, -0.2) is 0 Å². The fourth-order valence-electron chi connectivity index (χ4n) is 3.63. The van der Waals surface area contributed by atoms with Gasteiger partial charge in [-0.2, -0.15) is 5.10 Å². The van der Waals surface area contributed by atoms with Crippen molar-refractivity contribution in [2.75, 3.05) is 0 Å². The lowest BCUT2D eigenvalue weighted by atomic mass is 10.0. The number of nitrogens with zero attached hydrogens (tertiary/aromatic N) is 1. The number of aromatic hydroxyl groups is 1. The molecular formula is C28H22N2O2. The smallest absolute Gasteiger partial charge is 0.162 e. The Morgan fingerprint density at radius 1 is 0.781 bits per heavy atom. The molecule has 0 radical (unpaired) electrons. The summed E-state index contributed by atoms with van der Waals surface area (Å²) < 4.78 is 5.87. The molecule has 0 spiro atoms. The van der Waals surface area contributed by atoms with Crippen molar-refractivity contribution >= 4 is 23.1 Å². The number of fused-ring (bicyclic) bond motifs is 1. The lowest BCUT2D eigenvalue weighted by molar-refractivity contribution is 0.289. The number of benzene rings is 4. The van der Waals surface area contributed by atoms with E-state index in [9.17, 15) is 5.11 Å². The molecule has 0 fully saturated rings. The number of rotatable bonds is 6. The van der Waals surface area contributed by atoms with Gasteiger partial charge in [-0.3, -0.25) is 5.10 Å². The van der Waals surface area contributed by atoms with Crippen molar-refractivity contribution in [2.45, 2.75) is 6.61 Å². The molecule has 4 nitrogen and oxygen atoms in total. The van der Waals surface area contributed by atoms with Gasteiger partial charge < -0.3 is 9.84 Å². The van der Waals surface area contributed by atoms with Crippen LogP contribution in [0.5, 0.6) is 11.5 Å². The zero-order chi connectivity index (χ0) is 21.8. The Morgan fingerprint density at radius 2 is 1.50 bits per heavy atom. The average molecular weight is 418 g/mol. The summed E-state index contributed by atoms with van der Waals surface area (Å²) in [4.78, 5) is 0. The molecule has 0 bridgehead atoms. The number of H-pyrrole nitrogens is 1. The fraction of sp³-hybridized carbons (Fsp3) is 0.0357. The summed E-state index contributed by atoms with van der Waals surface area (Å²) in [5.74, 6) is 0.586. The molecule has 2 N–H and O–H groups in total. The Balaban J connectivity index is 1.39. The molecule has 0 aliphatic rings. The zero-order valence-corrected chi connectivity index (χ0v) is 17.4. The average Bonchev–Trinajstić information content (AvgIpc) is 3.26. The van der Waals surface area contributed by atoms with Gasteiger partial charge in [0.15, 0.2) is 11.5 Å². The number of phenolic OH excluding ortho intramolecular Hbond substituents is 1. The van der Waals surface area contributed by atoms with Crippen LogP contribution in [0.3, 0.4) is 0 Å². The maximum Gasteiger partial charge on any atom is 0.162 e. The van der Waals surface area contributed by atoms with Crippen molar-refractivity contribution in [1.29, 1.82) is 0 Å². The van der Waals surface area contributed by atoms with Crippen LogP contribution in [-0.4, -0.2) is 15.3 Å². The number of phenols is 1. The van der Waals surface area contributed by atoms with E-state index in [0.717, 1.165) is 38.9 Å². The molecule has 0 atom stereocenters. The molecule has 4 heteroatoms. The molecule has 4 aromatic carbocycles. The van der Waals surface area contributed by atoms with Gasteiger partial charge >= 0.3 is 0 Å². The maximum absolute atomic E-state index is 10.2. The highest BCUT2D eigenvalue weighted by molar-refractivity contribution is 5.92. The van der Waals surface area contributed by atoms with E-state index in [-0.39, 0.29) is 5.75 Å². The van der Waals surface area contributed by atoms with Crippen LogP contribution in [0.1, 0.15) is 16.8 Å². The molecule has 0 aliphatic carbocycles. The minimum atomic E-state index is 0.126. The third-order valence-corrected chi connectivity index (χ3v) is 5.36. The van der Waals surface area contributed by atoms with Crippen molar-refractivity contribution in [3.05, 3.63) is 114 Å². The van der Waals surface area contributed by atoms with Crippen LogP contribution >= 0.6 is 0 Å². The van der Waals surface area contributed by atoms with Gasteiger partial charge in [-0.1, -0.05) is 78.9 Å². The molecule has 0 saturated heterocycles. The molecule has 0 saturated carbocycles. The lowest BCUT2D eigenvalue weighted by Gasteiger charge is -2.10. The molecule has 156 valence electrons. The molecule has 5 rings (SSSR count). The Morgan fingerprint density at radius 3 is 2.31 bits per heavy atom. The van der Waals surface area contributed by atoms with Crippen LogP contribution in [0.15, 0.2) is 97.1 Å². The Labute approximate surface area is 186 Å². The second kappa shape index (κ2) is 8.82. The number of nitrogens with one attached hydrogen (secondary N) is 1. The third-order valence-electron chi connectivity index (χ3n) is 5.36. The Kier molecular flexibility index (Phi) is 5.41. The maximum atomic E-state index is 10.2. The SMILES string of the molecule is Oc1ccc(-c2ccc3c(C=Cc4ccccc4)n[nH]c3c2)cc1OCc1ccccc1. The van der Waals surface area contributed by atoms with Crippen molar-refractivity contribution in [2.24, 2.45) is 0 Å². The summed E-state index contributed by atoms with van der Waals surface area (Å²) >= 11 is 0. The van der Waals surface area contributed by atoms with E-state index < -0.39 is 0 Å². The minimum absolute atomic E-state index is 0.126. The first-order chi connectivity index (χ1) is 15.8. The van der Waals surface area contributed by atoms with Gasteiger partial charge in [0.25, 0.3) is 0 Å². The number of aromatic nitrogens is 2. The molecule has 0 aliphatic heterocycles. The van der Waals surface area contributed by atoms with Crippen molar-refractivity contribution in [1.82, 2.24) is 10.2 Å². The van der Waals surface area contributed by atoms with Crippen LogP contribution < -0.4 is 4.74 Å². The monoisotopic (exact) mass is 418 g/mol. The normalized spacial score (nSPS) is 11.2. The molecule has 5 aromatic rings. The molecular weight excluding hydrogens is 396 g/mol. The highest BCUT2D eigenvalue weighted by Gasteiger charge is 2.09. The van der Waals surface area contributed by atoms with Crippen LogP contribution in [0, 0.1) is 0 Å². The minimum Gasteiger partial charge on any atom is -0.504 e. The topological polar surface area (TPSA) is 58.1 Å². The van der Waals surface area contributed by atoms with E-state index in [1.54, 1.807) is 6.07 Å². The molecule has 0 amide bonds. The molecule has 1 aromatic heterocycles. The van der Waals surface area contributed by atoms with Gasteiger partial charge in [-0.15, -0.1) is 0 Å². The Hall–Kier alpha value is -4.31. The second-order valence-electron chi connectivity index (χ2n) is 7.57. The third kappa shape index (κ3) is 4.25. The first-order valence-corrected chi connectivity index (χ1v) is 10.5. The van der Waals surface area contributed by atoms with Crippen molar-refractivity contribution in [3.8, 4) is 22.6 Å². The summed E-state index contributed by atoms with van der Waals surface area (Å²) in [6, 6.07) is 31.7. The molecule has 32 heavy (non-hydrogen) atoms. The summed E-state index contributed by atoms with van der Waals surface area (Å²) in [5.41, 5.74) is 6.01. The second-order valence-corrected chi connectivity index (χ2v) is 7.57. The van der Waals surface area contributed by atoms with E-state index >= 15 is 0 Å². The van der Waals surface area contributed by atoms with Crippen LogP contribution in [0.4, 0.5) is 0 Å². The van der Waals surface area contributed by atoms with E-state index in [1.807, 2.05) is 66.7 Å². The number of hydrogen-bond acceptors (Lipinski definition) is 3. The van der Waals surface area contributed by atoms with Crippen molar-refractivity contribution in [3.63, 3.8) is 0 Å². The number of ether oxygens (including phenoxy) is 1. The van der Waals surface area contributed by atoms with E-state index in [2.05, 4.69) is 46.6 Å². The lowest BCUT2D eigenvalue weighted by Crippen LogP contribution is -1.95. The largest absolute Gasteiger partial charge is 0.504 e. The van der Waals surface area contributed by atoms with Gasteiger partial charge in [0.2, 0.25) is 0 Å². The van der Waals surface area contributed by atoms with Gasteiger partial charge in [0.1, 0.15) is 6.61 Å². The highest BCUT2D eigenvalue weighted by atomic mass is 16.5. The van der Waals surface area contributed by atoms with E-state index in [4.69, 9.17) is 4.74 Å².